The van der Waals surface area contributed by atoms with Gasteiger partial charge in [-0.1, -0.05) is 29.8 Å². The zero-order valence-corrected chi connectivity index (χ0v) is 14.6. The van der Waals surface area contributed by atoms with Gasteiger partial charge in [0.15, 0.2) is 0 Å². The topological polar surface area (TPSA) is 9.72 Å². The molecule has 1 fully saturated rings. The Morgan fingerprint density at radius 1 is 0.870 bits per heavy atom. The third-order valence-corrected chi connectivity index (χ3v) is 4.49. The number of hydrogen-bond donors (Lipinski definition) is 0. The second kappa shape index (κ2) is 7.24. The summed E-state index contributed by atoms with van der Waals surface area (Å²) in [5, 5.41) is 0.807. The molecule has 3 rings (SSSR count). The van der Waals surface area contributed by atoms with Crippen LogP contribution in [0.4, 0.5) is 11.4 Å². The second-order valence-electron chi connectivity index (χ2n) is 6.36. The van der Waals surface area contributed by atoms with Crippen molar-refractivity contribution >= 4 is 23.0 Å². The fourth-order valence-electron chi connectivity index (χ4n) is 3.07. The van der Waals surface area contributed by atoms with Crippen molar-refractivity contribution in [2.75, 3.05) is 50.1 Å². The van der Waals surface area contributed by atoms with E-state index in [1.807, 2.05) is 18.2 Å². The molecule has 4 heteroatoms. The summed E-state index contributed by atoms with van der Waals surface area (Å²) in [6.07, 6.45) is 0. The van der Waals surface area contributed by atoms with Gasteiger partial charge in [0, 0.05) is 49.1 Å². The minimum atomic E-state index is 0.807. The first-order valence-corrected chi connectivity index (χ1v) is 8.49. The normalized spacial score (nSPS) is 15.3. The smallest absolute Gasteiger partial charge is 0.0426 e. The molecule has 0 radical (unpaired) electrons. The molecular weight excluding hydrogens is 306 g/mol. The van der Waals surface area contributed by atoms with Crippen LogP contribution in [0.5, 0.6) is 0 Å². The molecule has 1 aliphatic heterocycles. The number of rotatable bonds is 4. The Morgan fingerprint density at radius 2 is 1.48 bits per heavy atom. The predicted molar refractivity (Wildman–Crippen MR) is 99.7 cm³/mol. The zero-order valence-electron chi connectivity index (χ0n) is 13.9. The van der Waals surface area contributed by atoms with Crippen molar-refractivity contribution in [3.8, 4) is 0 Å². The van der Waals surface area contributed by atoms with Crippen LogP contribution >= 0.6 is 11.6 Å². The third kappa shape index (κ3) is 4.18. The quantitative estimate of drug-likeness (QED) is 0.846. The molecule has 2 aromatic rings. The molecule has 3 nitrogen and oxygen atoms in total. The molecule has 0 unspecified atom stereocenters. The number of hydrogen-bond acceptors (Lipinski definition) is 3. The summed E-state index contributed by atoms with van der Waals surface area (Å²) in [5.74, 6) is 0. The molecule has 0 amide bonds. The van der Waals surface area contributed by atoms with Gasteiger partial charge in [-0.15, -0.1) is 0 Å². The molecule has 1 aliphatic rings. The Balaban J connectivity index is 1.60. The van der Waals surface area contributed by atoms with Crippen LogP contribution in [0, 0.1) is 0 Å². The molecule has 1 heterocycles. The lowest BCUT2D eigenvalue weighted by Crippen LogP contribution is -2.46. The lowest BCUT2D eigenvalue weighted by atomic mass is 10.1. The van der Waals surface area contributed by atoms with E-state index in [9.17, 15) is 0 Å². The van der Waals surface area contributed by atoms with Crippen LogP contribution < -0.4 is 9.80 Å². The fourth-order valence-corrected chi connectivity index (χ4v) is 3.26. The Morgan fingerprint density at radius 3 is 2.04 bits per heavy atom. The summed E-state index contributed by atoms with van der Waals surface area (Å²) >= 11 is 6.10. The van der Waals surface area contributed by atoms with Crippen molar-refractivity contribution in [1.82, 2.24) is 4.90 Å². The molecule has 0 N–H and O–H groups in total. The van der Waals surface area contributed by atoms with E-state index in [4.69, 9.17) is 11.6 Å². The average molecular weight is 330 g/mol. The summed E-state index contributed by atoms with van der Waals surface area (Å²) < 4.78 is 0. The highest BCUT2D eigenvalue weighted by Crippen LogP contribution is 2.23. The van der Waals surface area contributed by atoms with Crippen LogP contribution in [0.3, 0.4) is 0 Å². The van der Waals surface area contributed by atoms with Gasteiger partial charge < -0.3 is 14.7 Å². The van der Waals surface area contributed by atoms with Gasteiger partial charge in [-0.3, -0.25) is 0 Å². The summed E-state index contributed by atoms with van der Waals surface area (Å²) in [5.41, 5.74) is 3.90. The Bertz CT molecular complexity index is 631. The van der Waals surface area contributed by atoms with E-state index in [1.54, 1.807) is 0 Å². The van der Waals surface area contributed by atoms with Crippen LogP contribution in [-0.4, -0.2) is 45.2 Å². The van der Waals surface area contributed by atoms with Crippen LogP contribution in [0.1, 0.15) is 5.56 Å². The van der Waals surface area contributed by atoms with E-state index in [2.05, 4.69) is 59.1 Å². The van der Waals surface area contributed by atoms with Gasteiger partial charge in [-0.25, -0.2) is 0 Å². The minimum absolute atomic E-state index is 0.807. The maximum absolute atomic E-state index is 6.10. The van der Waals surface area contributed by atoms with Gasteiger partial charge in [0.05, 0.1) is 0 Å². The zero-order chi connectivity index (χ0) is 16.2. The maximum Gasteiger partial charge on any atom is 0.0426 e. The number of piperazine rings is 1. The molecule has 122 valence electrons. The van der Waals surface area contributed by atoms with E-state index in [0.29, 0.717) is 0 Å². The van der Waals surface area contributed by atoms with E-state index >= 15 is 0 Å². The van der Waals surface area contributed by atoms with Crippen molar-refractivity contribution in [2.24, 2.45) is 0 Å². The molecule has 0 spiro atoms. The van der Waals surface area contributed by atoms with Gasteiger partial charge >= 0.3 is 0 Å². The minimum Gasteiger partial charge on any atom is -0.368 e. The second-order valence-corrected chi connectivity index (χ2v) is 6.79. The Labute approximate surface area is 144 Å². The monoisotopic (exact) mass is 329 g/mol. The fraction of sp³-hybridized carbons (Fsp3) is 0.368. The van der Waals surface area contributed by atoms with Gasteiger partial charge in [0.1, 0.15) is 0 Å². The van der Waals surface area contributed by atoms with Gasteiger partial charge in [-0.2, -0.15) is 0 Å². The largest absolute Gasteiger partial charge is 0.368 e. The predicted octanol–water partition coefficient (Wildman–Crippen LogP) is 3.73. The lowest BCUT2D eigenvalue weighted by Gasteiger charge is -2.37. The first-order chi connectivity index (χ1) is 11.1. The highest BCUT2D eigenvalue weighted by molar-refractivity contribution is 6.30. The van der Waals surface area contributed by atoms with Crippen molar-refractivity contribution < 1.29 is 0 Å². The maximum atomic E-state index is 6.10. The SMILES string of the molecule is CN(C)Cc1ccc(N2CCN(c3cccc(Cl)c3)CC2)cc1. The van der Waals surface area contributed by atoms with Crippen LogP contribution in [0.25, 0.3) is 0 Å². The molecule has 0 aromatic heterocycles. The number of benzene rings is 2. The number of nitrogens with zero attached hydrogens (tertiary/aromatic N) is 3. The first-order valence-electron chi connectivity index (χ1n) is 8.11. The molecule has 2 aromatic carbocycles. The number of anilines is 2. The van der Waals surface area contributed by atoms with Crippen molar-refractivity contribution in [3.05, 3.63) is 59.1 Å². The standard InChI is InChI=1S/C19H24ClN3/c1-21(2)15-16-6-8-18(9-7-16)22-10-12-23(13-11-22)19-5-3-4-17(20)14-19/h3-9,14H,10-13,15H2,1-2H3. The highest BCUT2D eigenvalue weighted by Gasteiger charge is 2.17. The summed E-state index contributed by atoms with van der Waals surface area (Å²) in [7, 11) is 4.20. The van der Waals surface area contributed by atoms with Crippen LogP contribution in [-0.2, 0) is 6.54 Å². The summed E-state index contributed by atoms with van der Waals surface area (Å²) in [6, 6.07) is 17.1. The van der Waals surface area contributed by atoms with E-state index in [0.717, 1.165) is 37.7 Å². The first kappa shape index (κ1) is 16.2. The van der Waals surface area contributed by atoms with Gasteiger partial charge in [-0.05, 0) is 50.0 Å². The average Bonchev–Trinajstić information content (AvgIpc) is 2.55. The Hall–Kier alpha value is -1.71. The van der Waals surface area contributed by atoms with E-state index < -0.39 is 0 Å². The molecule has 0 saturated carbocycles. The Kier molecular flexibility index (Phi) is 5.09. The van der Waals surface area contributed by atoms with Crippen LogP contribution in [0.2, 0.25) is 5.02 Å². The summed E-state index contributed by atoms with van der Waals surface area (Å²) in [6.45, 7) is 5.13. The lowest BCUT2D eigenvalue weighted by molar-refractivity contribution is 0.402. The summed E-state index contributed by atoms with van der Waals surface area (Å²) in [4.78, 5) is 7.06. The van der Waals surface area contributed by atoms with Gasteiger partial charge in [0.25, 0.3) is 0 Å². The van der Waals surface area contributed by atoms with E-state index in [-0.39, 0.29) is 0 Å². The molecule has 0 bridgehead atoms. The van der Waals surface area contributed by atoms with Gasteiger partial charge in [0.2, 0.25) is 0 Å². The number of halogens is 1. The van der Waals surface area contributed by atoms with Crippen LogP contribution in [0.15, 0.2) is 48.5 Å². The molecular formula is C19H24ClN3. The highest BCUT2D eigenvalue weighted by atomic mass is 35.5. The molecule has 0 aliphatic carbocycles. The van der Waals surface area contributed by atoms with Crippen molar-refractivity contribution in [3.63, 3.8) is 0 Å². The van der Waals surface area contributed by atoms with Crippen molar-refractivity contribution in [1.29, 1.82) is 0 Å². The molecule has 1 saturated heterocycles. The third-order valence-electron chi connectivity index (χ3n) is 4.25. The molecule has 0 atom stereocenters. The van der Waals surface area contributed by atoms with Crippen molar-refractivity contribution in [2.45, 2.75) is 6.54 Å². The van der Waals surface area contributed by atoms with E-state index in [1.165, 1.54) is 16.9 Å². The molecule has 23 heavy (non-hydrogen) atoms.